The monoisotopic (exact) mass is 976 g/mol. The summed E-state index contributed by atoms with van der Waals surface area (Å²) >= 11 is 0. The van der Waals surface area contributed by atoms with Gasteiger partial charge in [0.25, 0.3) is 0 Å². The van der Waals surface area contributed by atoms with E-state index in [-0.39, 0.29) is 18.9 Å². The third-order valence-electron chi connectivity index (χ3n) is 12.4. The number of hydrogen-bond acceptors (Lipinski definition) is 18. The molecule has 3 fully saturated rings. The quantitative estimate of drug-likeness (QED) is 0.0325. The first kappa shape index (κ1) is 60.1. The molecule has 3 aliphatic heterocycles. The van der Waals surface area contributed by atoms with E-state index in [1.165, 1.54) is 12.8 Å². The van der Waals surface area contributed by atoms with Gasteiger partial charge in [-0.2, -0.15) is 0 Å². The van der Waals surface area contributed by atoms with Crippen molar-refractivity contribution in [1.82, 2.24) is 5.32 Å². The zero-order valence-corrected chi connectivity index (χ0v) is 40.1. The minimum atomic E-state index is -1.98. The lowest BCUT2D eigenvalue weighted by Crippen LogP contribution is -2.66. The fourth-order valence-corrected chi connectivity index (χ4v) is 8.20. The highest BCUT2D eigenvalue weighted by Crippen LogP contribution is 2.33. The van der Waals surface area contributed by atoms with E-state index in [4.69, 9.17) is 28.4 Å². The summed E-state index contributed by atoms with van der Waals surface area (Å²) in [6.07, 6.45) is 5.71. The Morgan fingerprint density at radius 1 is 0.544 bits per heavy atom. The molecule has 17 unspecified atom stereocenters. The fourth-order valence-electron chi connectivity index (χ4n) is 8.20. The van der Waals surface area contributed by atoms with Crippen LogP contribution in [0.25, 0.3) is 0 Å². The van der Waals surface area contributed by atoms with Crippen LogP contribution >= 0.6 is 0 Å². The Kier molecular flexibility index (Phi) is 30.2. The summed E-state index contributed by atoms with van der Waals surface area (Å²) in [6.45, 7) is 1.49. The Labute approximate surface area is 402 Å². The molecule has 0 aromatic rings. The van der Waals surface area contributed by atoms with Crippen molar-refractivity contribution in [3.63, 3.8) is 0 Å². The maximum Gasteiger partial charge on any atom is 0.220 e. The van der Waals surface area contributed by atoms with Gasteiger partial charge >= 0.3 is 0 Å². The van der Waals surface area contributed by atoms with Gasteiger partial charge in [0, 0.05) is 6.42 Å². The molecule has 19 nitrogen and oxygen atoms in total. The number of amides is 1. The van der Waals surface area contributed by atoms with Crippen molar-refractivity contribution in [3.8, 4) is 0 Å². The summed E-state index contributed by atoms with van der Waals surface area (Å²) in [7, 11) is 0. The van der Waals surface area contributed by atoms with Crippen LogP contribution < -0.4 is 5.32 Å². The number of nitrogens with one attached hydrogen (secondary N) is 1. The van der Waals surface area contributed by atoms with Gasteiger partial charge in [0.2, 0.25) is 5.91 Å². The molecule has 3 rings (SSSR count). The SMILES string of the molecule is CC/C=C\C/C=C\C/C=C\CCCCCCCC(=O)NC(COC1OC(CO)C(OC2OC(CO)C(OC3OC(CO)C(O)C(O)C3O)C(O)C2O)C(O)C1O)C(O)/C=C/CCCCCCCC. The van der Waals surface area contributed by atoms with Gasteiger partial charge in [-0.25, -0.2) is 0 Å². The summed E-state index contributed by atoms with van der Waals surface area (Å²) < 4.78 is 34.0. The molecule has 19 heteroatoms. The van der Waals surface area contributed by atoms with Gasteiger partial charge in [-0.05, 0) is 51.4 Å². The van der Waals surface area contributed by atoms with Gasteiger partial charge < -0.3 is 89.9 Å². The summed E-state index contributed by atoms with van der Waals surface area (Å²) in [5.74, 6) is -0.301. The second kappa shape index (κ2) is 34.2. The molecule has 3 aliphatic rings. The highest BCUT2D eigenvalue weighted by Gasteiger charge is 2.53. The highest BCUT2D eigenvalue weighted by atomic mass is 16.8. The van der Waals surface area contributed by atoms with Gasteiger partial charge in [0.05, 0.1) is 38.6 Å². The van der Waals surface area contributed by atoms with Gasteiger partial charge in [0.15, 0.2) is 18.9 Å². The van der Waals surface area contributed by atoms with Crippen molar-refractivity contribution < 1.29 is 89.4 Å². The molecular weight excluding hydrogens is 891 g/mol. The Morgan fingerprint density at radius 3 is 1.59 bits per heavy atom. The van der Waals surface area contributed by atoms with Crippen molar-refractivity contribution in [3.05, 3.63) is 48.6 Å². The maximum absolute atomic E-state index is 13.2. The second-order valence-corrected chi connectivity index (χ2v) is 17.9. The lowest BCUT2D eigenvalue weighted by atomic mass is 9.96. The number of carbonyl (C=O) groups excluding carboxylic acids is 1. The first-order chi connectivity index (χ1) is 32.8. The van der Waals surface area contributed by atoms with E-state index in [1.807, 2.05) is 6.08 Å². The first-order valence-electron chi connectivity index (χ1n) is 24.9. The van der Waals surface area contributed by atoms with Gasteiger partial charge in [-0.15, -0.1) is 0 Å². The predicted molar refractivity (Wildman–Crippen MR) is 249 cm³/mol. The van der Waals surface area contributed by atoms with Crippen LogP contribution in [0.4, 0.5) is 0 Å². The van der Waals surface area contributed by atoms with Crippen LogP contribution in [0.1, 0.15) is 123 Å². The summed E-state index contributed by atoms with van der Waals surface area (Å²) in [4.78, 5) is 13.2. The van der Waals surface area contributed by atoms with Gasteiger partial charge in [-0.1, -0.05) is 114 Å². The number of aliphatic hydroxyl groups excluding tert-OH is 11. The Bertz CT molecular complexity index is 1450. The van der Waals surface area contributed by atoms with Gasteiger partial charge in [0.1, 0.15) is 73.2 Å². The molecule has 0 spiro atoms. The summed E-state index contributed by atoms with van der Waals surface area (Å²) in [5.41, 5.74) is 0. The molecule has 3 heterocycles. The molecule has 12 N–H and O–H groups in total. The Balaban J connectivity index is 1.56. The smallest absolute Gasteiger partial charge is 0.220 e. The lowest BCUT2D eigenvalue weighted by molar-refractivity contribution is -0.379. The van der Waals surface area contributed by atoms with Crippen molar-refractivity contribution in [2.24, 2.45) is 0 Å². The van der Waals surface area contributed by atoms with Crippen molar-refractivity contribution in [2.75, 3.05) is 26.4 Å². The zero-order valence-electron chi connectivity index (χ0n) is 40.1. The summed E-state index contributed by atoms with van der Waals surface area (Å²) in [5, 5.41) is 119. The van der Waals surface area contributed by atoms with Crippen molar-refractivity contribution in [2.45, 2.75) is 227 Å². The molecule has 3 saturated heterocycles. The number of aliphatic hydroxyl groups is 11. The zero-order chi connectivity index (χ0) is 49.8. The van der Waals surface area contributed by atoms with E-state index < -0.39 is 124 Å². The maximum atomic E-state index is 13.2. The minimum Gasteiger partial charge on any atom is -0.394 e. The molecule has 17 atom stereocenters. The van der Waals surface area contributed by atoms with Crippen LogP contribution in [0.3, 0.4) is 0 Å². The van der Waals surface area contributed by atoms with Crippen LogP contribution in [-0.2, 0) is 33.2 Å². The van der Waals surface area contributed by atoms with Crippen LogP contribution in [0.2, 0.25) is 0 Å². The summed E-state index contributed by atoms with van der Waals surface area (Å²) in [6, 6.07) is -0.979. The Hall–Kier alpha value is -2.25. The third kappa shape index (κ3) is 20.1. The molecule has 68 heavy (non-hydrogen) atoms. The standard InChI is InChI=1S/C49H85NO18/c1-3-5-7-9-11-13-14-15-16-17-18-19-21-23-25-27-37(55)50-32(33(54)26-24-22-20-12-10-8-6-4-2)31-63-47-43(61)40(58)45(35(29-52)65-47)68-49-44(62)41(59)46(36(30-53)66-49)67-48-42(60)39(57)38(56)34(28-51)64-48/h5,7,11,13,15-16,24,26,32-36,38-49,51-54,56-62H,3-4,6,8-10,12,14,17-23,25,27-31H2,1-2H3,(H,50,55)/b7-5-,13-11-,16-15-,26-24+. The fraction of sp³-hybridized carbons (Fsp3) is 0.816. The molecule has 394 valence electrons. The normalized spacial score (nSPS) is 33.6. The number of hydrogen-bond donors (Lipinski definition) is 12. The molecule has 0 bridgehead atoms. The van der Waals surface area contributed by atoms with Crippen molar-refractivity contribution in [1.29, 1.82) is 0 Å². The largest absolute Gasteiger partial charge is 0.394 e. The number of carbonyl (C=O) groups is 1. The molecule has 0 radical (unpaired) electrons. The number of allylic oxidation sites excluding steroid dienone is 7. The van der Waals surface area contributed by atoms with E-state index in [0.29, 0.717) is 6.42 Å². The van der Waals surface area contributed by atoms with E-state index in [0.717, 1.165) is 83.5 Å². The average Bonchev–Trinajstić information content (AvgIpc) is 3.33. The molecular formula is C49H85NO18. The molecule has 1 amide bonds. The minimum absolute atomic E-state index is 0.221. The van der Waals surface area contributed by atoms with E-state index in [2.05, 4.69) is 55.6 Å². The van der Waals surface area contributed by atoms with Crippen LogP contribution in [0.5, 0.6) is 0 Å². The van der Waals surface area contributed by atoms with Crippen LogP contribution in [-0.4, -0.2) is 193 Å². The molecule has 0 aromatic heterocycles. The first-order valence-corrected chi connectivity index (χ1v) is 24.9. The molecule has 0 aromatic carbocycles. The van der Waals surface area contributed by atoms with E-state index in [9.17, 15) is 61.0 Å². The van der Waals surface area contributed by atoms with E-state index >= 15 is 0 Å². The number of ether oxygens (including phenoxy) is 6. The topological polar surface area (TPSA) is 307 Å². The molecule has 0 aliphatic carbocycles. The van der Waals surface area contributed by atoms with Crippen LogP contribution in [0.15, 0.2) is 48.6 Å². The molecule has 0 saturated carbocycles. The third-order valence-corrected chi connectivity index (χ3v) is 12.4. The lowest BCUT2D eigenvalue weighted by Gasteiger charge is -2.48. The number of unbranched alkanes of at least 4 members (excludes halogenated alkanes) is 11. The highest BCUT2D eigenvalue weighted by molar-refractivity contribution is 5.76. The Morgan fingerprint density at radius 2 is 1.01 bits per heavy atom. The van der Waals surface area contributed by atoms with Gasteiger partial charge in [-0.3, -0.25) is 4.79 Å². The average molecular weight is 976 g/mol. The van der Waals surface area contributed by atoms with Crippen LogP contribution in [0, 0.1) is 0 Å². The predicted octanol–water partition coefficient (Wildman–Crippen LogP) is 1.19. The second-order valence-electron chi connectivity index (χ2n) is 17.9. The van der Waals surface area contributed by atoms with Crippen molar-refractivity contribution >= 4 is 5.91 Å². The van der Waals surface area contributed by atoms with E-state index in [1.54, 1.807) is 6.08 Å². The number of rotatable bonds is 33.